The Hall–Kier alpha value is -3.14. The van der Waals surface area contributed by atoms with Crippen LogP contribution in [0.25, 0.3) is 0 Å². The molecule has 0 atom stereocenters. The molecule has 2 aromatic carbocycles. The van der Waals surface area contributed by atoms with Crippen LogP contribution in [0.4, 0.5) is 11.4 Å². The number of nitrogens with one attached hydrogen (secondary N) is 1. The number of aryl methyl sites for hydroxylation is 2. The van der Waals surface area contributed by atoms with E-state index in [-0.39, 0.29) is 36.7 Å². The van der Waals surface area contributed by atoms with E-state index in [1.807, 2.05) is 31.2 Å². The van der Waals surface area contributed by atoms with Crippen molar-refractivity contribution in [3.8, 4) is 5.75 Å². The fourth-order valence-corrected chi connectivity index (χ4v) is 4.00. The lowest BCUT2D eigenvalue weighted by Gasteiger charge is -2.24. The summed E-state index contributed by atoms with van der Waals surface area (Å²) in [5.74, 6) is 0.533. The minimum absolute atomic E-state index is 0.0357. The van der Waals surface area contributed by atoms with Crippen LogP contribution in [-0.2, 0) is 14.8 Å². The first-order valence-corrected chi connectivity index (χ1v) is 11.6. The highest BCUT2D eigenvalue weighted by Crippen LogP contribution is 2.27. The van der Waals surface area contributed by atoms with Crippen molar-refractivity contribution in [3.63, 3.8) is 0 Å². The van der Waals surface area contributed by atoms with Crippen LogP contribution >= 0.6 is 0 Å². The molecule has 0 bridgehead atoms. The maximum Gasteiger partial charge on any atom is 0.271 e. The molecule has 2 rings (SSSR count). The molecule has 31 heavy (non-hydrogen) atoms. The number of non-ortho nitro benzene ring substituents is 1. The number of ether oxygens (including phenoxy) is 1. The molecule has 0 radical (unpaired) electrons. The molecule has 2 aromatic rings. The van der Waals surface area contributed by atoms with E-state index in [1.54, 1.807) is 6.92 Å². The Balaban J connectivity index is 1.88. The van der Waals surface area contributed by atoms with Crippen molar-refractivity contribution in [1.29, 1.82) is 0 Å². The summed E-state index contributed by atoms with van der Waals surface area (Å²) >= 11 is 0. The van der Waals surface area contributed by atoms with Crippen LogP contribution < -0.4 is 14.4 Å². The molecule has 0 heterocycles. The Morgan fingerprint density at radius 2 is 1.87 bits per heavy atom. The molecule has 0 aromatic heterocycles. The number of hydrogen-bond donors (Lipinski definition) is 1. The second-order valence-corrected chi connectivity index (χ2v) is 9.04. The summed E-state index contributed by atoms with van der Waals surface area (Å²) < 4.78 is 31.2. The highest BCUT2D eigenvalue weighted by molar-refractivity contribution is 7.92. The highest BCUT2D eigenvalue weighted by atomic mass is 32.2. The second-order valence-electron chi connectivity index (χ2n) is 7.13. The predicted molar refractivity (Wildman–Crippen MR) is 119 cm³/mol. The van der Waals surface area contributed by atoms with Crippen molar-refractivity contribution in [2.75, 3.05) is 30.3 Å². The average molecular weight is 450 g/mol. The number of sulfonamides is 1. The number of carbonyl (C=O) groups excluding carboxylic acids is 1. The number of nitro benzene ring substituents is 1. The molecule has 1 N–H and O–H groups in total. The van der Waals surface area contributed by atoms with Crippen molar-refractivity contribution < 1.29 is 22.9 Å². The zero-order valence-corrected chi connectivity index (χ0v) is 18.6. The fourth-order valence-electron chi connectivity index (χ4n) is 2.99. The molecule has 0 saturated carbocycles. The van der Waals surface area contributed by atoms with E-state index < -0.39 is 14.9 Å². The second kappa shape index (κ2) is 10.8. The van der Waals surface area contributed by atoms with Crippen molar-refractivity contribution in [2.45, 2.75) is 26.7 Å². The Kier molecular flexibility index (Phi) is 8.38. The van der Waals surface area contributed by atoms with Gasteiger partial charge in [-0.25, -0.2) is 8.42 Å². The Morgan fingerprint density at radius 3 is 2.52 bits per heavy atom. The Morgan fingerprint density at radius 1 is 1.16 bits per heavy atom. The van der Waals surface area contributed by atoms with Crippen LogP contribution in [0, 0.1) is 24.0 Å². The molecule has 0 aliphatic rings. The zero-order chi connectivity index (χ0) is 23.0. The highest BCUT2D eigenvalue weighted by Gasteiger charge is 2.22. The minimum Gasteiger partial charge on any atom is -0.491 e. The lowest BCUT2D eigenvalue weighted by Crippen LogP contribution is -2.33. The van der Waals surface area contributed by atoms with Gasteiger partial charge in [0.25, 0.3) is 5.69 Å². The van der Waals surface area contributed by atoms with E-state index in [0.29, 0.717) is 18.7 Å². The molecule has 1 amide bonds. The lowest BCUT2D eigenvalue weighted by molar-refractivity contribution is -0.384. The van der Waals surface area contributed by atoms with E-state index in [0.717, 1.165) is 21.9 Å². The standard InChI is InChI=1S/C21H27N3O6S/c1-16-10-11-18(24(26)27)15-19(16)23(31(3,28)29)13-6-9-21(25)22-12-14-30-20-8-5-4-7-17(20)2/h4-5,7-8,10-11,15H,6,9,12-14H2,1-3H3,(H,22,25). The molecule has 0 saturated heterocycles. The largest absolute Gasteiger partial charge is 0.491 e. The van der Waals surface area contributed by atoms with Gasteiger partial charge in [0.05, 0.1) is 23.4 Å². The van der Waals surface area contributed by atoms with Crippen LogP contribution in [0.5, 0.6) is 5.75 Å². The van der Waals surface area contributed by atoms with Crippen LogP contribution in [0.2, 0.25) is 0 Å². The summed E-state index contributed by atoms with van der Waals surface area (Å²) in [6, 6.07) is 11.6. The van der Waals surface area contributed by atoms with Gasteiger partial charge in [0.15, 0.2) is 0 Å². The molecule has 9 nitrogen and oxygen atoms in total. The van der Waals surface area contributed by atoms with Gasteiger partial charge in [-0.1, -0.05) is 24.3 Å². The van der Waals surface area contributed by atoms with Gasteiger partial charge in [-0.2, -0.15) is 0 Å². The topological polar surface area (TPSA) is 119 Å². The van der Waals surface area contributed by atoms with Gasteiger partial charge in [-0.3, -0.25) is 19.2 Å². The number of amides is 1. The molecule has 0 spiro atoms. The zero-order valence-electron chi connectivity index (χ0n) is 17.8. The van der Waals surface area contributed by atoms with Crippen LogP contribution in [0.1, 0.15) is 24.0 Å². The van der Waals surface area contributed by atoms with Crippen molar-refractivity contribution in [1.82, 2.24) is 5.32 Å². The third-order valence-electron chi connectivity index (χ3n) is 4.61. The maximum atomic E-state index is 12.3. The van der Waals surface area contributed by atoms with Gasteiger partial charge in [0.1, 0.15) is 12.4 Å². The summed E-state index contributed by atoms with van der Waals surface area (Å²) in [5.41, 5.74) is 1.64. The third kappa shape index (κ3) is 7.25. The van der Waals surface area contributed by atoms with Gasteiger partial charge in [0.2, 0.25) is 15.9 Å². The Labute approximate surface area is 182 Å². The molecule has 0 aliphatic carbocycles. The van der Waals surface area contributed by atoms with Crippen LogP contribution in [0.3, 0.4) is 0 Å². The van der Waals surface area contributed by atoms with Crippen LogP contribution in [-0.4, -0.2) is 45.2 Å². The number of rotatable bonds is 11. The van der Waals surface area contributed by atoms with E-state index >= 15 is 0 Å². The summed E-state index contributed by atoms with van der Waals surface area (Å²) in [7, 11) is -3.68. The van der Waals surface area contributed by atoms with Gasteiger partial charge < -0.3 is 10.1 Å². The lowest BCUT2D eigenvalue weighted by atomic mass is 10.1. The monoisotopic (exact) mass is 449 g/mol. The normalized spacial score (nSPS) is 11.1. The van der Waals surface area contributed by atoms with Crippen LogP contribution in [0.15, 0.2) is 42.5 Å². The maximum absolute atomic E-state index is 12.3. The quantitative estimate of drug-likeness (QED) is 0.320. The SMILES string of the molecule is Cc1ccccc1OCCNC(=O)CCCN(c1cc([N+](=O)[O-])ccc1C)S(C)(=O)=O. The number of nitro groups is 1. The summed E-state index contributed by atoms with van der Waals surface area (Å²) in [6.45, 7) is 4.29. The van der Waals surface area contributed by atoms with Crippen molar-refractivity contribution >= 4 is 27.3 Å². The van der Waals surface area contributed by atoms with Gasteiger partial charge in [-0.05, 0) is 37.5 Å². The molecule has 10 heteroatoms. The van der Waals surface area contributed by atoms with Crippen molar-refractivity contribution in [2.24, 2.45) is 0 Å². The van der Waals surface area contributed by atoms with E-state index in [2.05, 4.69) is 5.32 Å². The molecule has 0 aliphatic heterocycles. The van der Waals surface area contributed by atoms with E-state index in [9.17, 15) is 23.3 Å². The number of para-hydroxylation sites is 1. The molecular formula is C21H27N3O6S. The molecule has 0 unspecified atom stereocenters. The average Bonchev–Trinajstić information content (AvgIpc) is 2.69. The first-order valence-electron chi connectivity index (χ1n) is 9.77. The summed E-state index contributed by atoms with van der Waals surface area (Å²) in [6.07, 6.45) is 1.41. The minimum atomic E-state index is -3.68. The number of anilines is 1. The molecule has 0 fully saturated rings. The smallest absolute Gasteiger partial charge is 0.271 e. The molecule has 168 valence electrons. The number of hydrogen-bond acceptors (Lipinski definition) is 6. The first-order chi connectivity index (χ1) is 14.6. The Bertz CT molecular complexity index is 1040. The van der Waals surface area contributed by atoms with Crippen molar-refractivity contribution in [3.05, 3.63) is 63.7 Å². The van der Waals surface area contributed by atoms with Gasteiger partial charge in [-0.15, -0.1) is 0 Å². The summed E-state index contributed by atoms with van der Waals surface area (Å²) in [4.78, 5) is 22.6. The first kappa shape index (κ1) is 24.1. The predicted octanol–water partition coefficient (Wildman–Crippen LogP) is 2.95. The third-order valence-corrected chi connectivity index (χ3v) is 5.79. The van der Waals surface area contributed by atoms with Gasteiger partial charge >= 0.3 is 0 Å². The van der Waals surface area contributed by atoms with E-state index in [4.69, 9.17) is 4.74 Å². The number of nitrogens with zero attached hydrogens (tertiary/aromatic N) is 2. The molecular weight excluding hydrogens is 422 g/mol. The number of carbonyl (C=O) groups is 1. The summed E-state index contributed by atoms with van der Waals surface area (Å²) in [5, 5.41) is 13.8. The van der Waals surface area contributed by atoms with E-state index in [1.165, 1.54) is 18.2 Å². The number of benzene rings is 2. The van der Waals surface area contributed by atoms with Gasteiger partial charge in [0, 0.05) is 25.1 Å². The fraction of sp³-hybridized carbons (Fsp3) is 0.381.